The molecule has 0 spiro atoms. The van der Waals surface area contributed by atoms with Gasteiger partial charge in [0, 0.05) is 10.1 Å². The Hall–Kier alpha value is -0.780. The van der Waals surface area contributed by atoms with Gasteiger partial charge in [-0.25, -0.2) is 4.98 Å². The Kier molecular flexibility index (Phi) is 4.25. The predicted octanol–water partition coefficient (Wildman–Crippen LogP) is 3.80. The van der Waals surface area contributed by atoms with E-state index in [0.29, 0.717) is 5.95 Å². The van der Waals surface area contributed by atoms with Crippen LogP contribution in [0.2, 0.25) is 0 Å². The largest absolute Gasteiger partial charge is 0.369 e. The van der Waals surface area contributed by atoms with Crippen molar-refractivity contribution in [1.82, 2.24) is 9.55 Å². The summed E-state index contributed by atoms with van der Waals surface area (Å²) in [4.78, 5) is 4.41. The number of hydrogen-bond donors (Lipinski definition) is 1. The van der Waals surface area contributed by atoms with E-state index in [0.717, 1.165) is 17.6 Å². The molecule has 1 aromatic heterocycles. The smallest absolute Gasteiger partial charge is 0.201 e. The number of imidazole rings is 1. The fourth-order valence-corrected chi connectivity index (χ4v) is 2.53. The molecule has 4 heteroatoms. The second kappa shape index (κ2) is 5.71. The van der Waals surface area contributed by atoms with Gasteiger partial charge >= 0.3 is 0 Å². The van der Waals surface area contributed by atoms with Crippen molar-refractivity contribution in [2.45, 2.75) is 39.2 Å². The highest BCUT2D eigenvalue weighted by atomic mass is 127. The van der Waals surface area contributed by atoms with Gasteiger partial charge in [0.25, 0.3) is 0 Å². The molecule has 2 rings (SSSR count). The first-order valence-electron chi connectivity index (χ1n) is 6.13. The maximum atomic E-state index is 5.97. The number of hydrogen-bond acceptors (Lipinski definition) is 2. The molecule has 3 nitrogen and oxygen atoms in total. The van der Waals surface area contributed by atoms with Crippen LogP contribution < -0.4 is 5.73 Å². The van der Waals surface area contributed by atoms with Crippen molar-refractivity contribution in [3.05, 3.63) is 21.8 Å². The number of rotatable bonds is 5. The normalized spacial score (nSPS) is 11.2. The van der Waals surface area contributed by atoms with Crippen LogP contribution in [0.5, 0.6) is 0 Å². The zero-order chi connectivity index (χ0) is 12.3. The molecule has 0 fully saturated rings. The maximum absolute atomic E-state index is 5.97. The zero-order valence-electron chi connectivity index (χ0n) is 10.1. The first-order valence-corrected chi connectivity index (χ1v) is 7.21. The molecule has 0 unspecified atom stereocenters. The van der Waals surface area contributed by atoms with Gasteiger partial charge in [0.2, 0.25) is 5.95 Å². The number of unbranched alkanes of at least 4 members (excludes halogenated alkanes) is 3. The van der Waals surface area contributed by atoms with Crippen LogP contribution in [0.1, 0.15) is 32.6 Å². The summed E-state index contributed by atoms with van der Waals surface area (Å²) in [5.41, 5.74) is 8.12. The number of anilines is 1. The van der Waals surface area contributed by atoms with E-state index in [1.165, 1.54) is 29.3 Å². The zero-order valence-corrected chi connectivity index (χ0v) is 12.3. The molecule has 1 aromatic carbocycles. The molecule has 1 heterocycles. The molecule has 0 aliphatic carbocycles. The van der Waals surface area contributed by atoms with E-state index in [1.54, 1.807) is 0 Å². The Morgan fingerprint density at radius 3 is 2.88 bits per heavy atom. The highest BCUT2D eigenvalue weighted by Crippen LogP contribution is 2.21. The first kappa shape index (κ1) is 12.7. The predicted molar refractivity (Wildman–Crippen MR) is 81.0 cm³/mol. The molecule has 92 valence electrons. The standard InChI is InChI=1S/C13H18IN3/c1-2-3-4-5-8-17-12-7-6-10(14)9-11(12)16-13(17)15/h6-7,9H,2-5,8H2,1H3,(H2,15,16). The van der Waals surface area contributed by atoms with Crippen LogP contribution in [0.3, 0.4) is 0 Å². The summed E-state index contributed by atoms with van der Waals surface area (Å²) in [5.74, 6) is 0.637. The van der Waals surface area contributed by atoms with Crippen molar-refractivity contribution in [3.63, 3.8) is 0 Å². The lowest BCUT2D eigenvalue weighted by molar-refractivity contribution is 0.595. The first-order chi connectivity index (χ1) is 8.22. The lowest BCUT2D eigenvalue weighted by Crippen LogP contribution is -2.03. The van der Waals surface area contributed by atoms with Crippen LogP contribution in [0.15, 0.2) is 18.2 Å². The summed E-state index contributed by atoms with van der Waals surface area (Å²) in [6, 6.07) is 6.29. The minimum absolute atomic E-state index is 0.637. The lowest BCUT2D eigenvalue weighted by atomic mass is 10.2. The fraction of sp³-hybridized carbons (Fsp3) is 0.462. The minimum atomic E-state index is 0.637. The molecule has 0 bridgehead atoms. The summed E-state index contributed by atoms with van der Waals surface area (Å²) in [5, 5.41) is 0. The van der Waals surface area contributed by atoms with E-state index in [4.69, 9.17) is 5.73 Å². The van der Waals surface area contributed by atoms with Gasteiger partial charge in [-0.3, -0.25) is 0 Å². The summed E-state index contributed by atoms with van der Waals surface area (Å²) >= 11 is 2.30. The Morgan fingerprint density at radius 1 is 1.29 bits per heavy atom. The monoisotopic (exact) mass is 343 g/mol. The number of nitrogen functional groups attached to an aromatic ring is 1. The number of aryl methyl sites for hydroxylation is 1. The van der Waals surface area contributed by atoms with Gasteiger partial charge in [0.1, 0.15) is 0 Å². The van der Waals surface area contributed by atoms with Crippen LogP contribution in [-0.2, 0) is 6.54 Å². The van der Waals surface area contributed by atoms with Crippen LogP contribution in [-0.4, -0.2) is 9.55 Å². The van der Waals surface area contributed by atoms with E-state index in [2.05, 4.69) is 57.3 Å². The number of halogens is 1. The number of aromatic nitrogens is 2. The van der Waals surface area contributed by atoms with Gasteiger partial charge in [-0.15, -0.1) is 0 Å². The van der Waals surface area contributed by atoms with E-state index >= 15 is 0 Å². The van der Waals surface area contributed by atoms with Gasteiger partial charge in [0.05, 0.1) is 11.0 Å². The summed E-state index contributed by atoms with van der Waals surface area (Å²) < 4.78 is 3.33. The average Bonchev–Trinajstić information content (AvgIpc) is 2.60. The molecule has 2 aromatic rings. The highest BCUT2D eigenvalue weighted by molar-refractivity contribution is 14.1. The quantitative estimate of drug-likeness (QED) is 0.663. The molecular formula is C13H18IN3. The Balaban J connectivity index is 2.18. The second-order valence-corrected chi connectivity index (χ2v) is 5.56. The number of benzene rings is 1. The van der Waals surface area contributed by atoms with Gasteiger partial charge in [-0.2, -0.15) is 0 Å². The molecule has 0 aliphatic heterocycles. The average molecular weight is 343 g/mol. The van der Waals surface area contributed by atoms with Gasteiger partial charge in [0.15, 0.2) is 0 Å². The Bertz CT molecular complexity index is 505. The lowest BCUT2D eigenvalue weighted by Gasteiger charge is -2.05. The van der Waals surface area contributed by atoms with Crippen LogP contribution in [0.4, 0.5) is 5.95 Å². The number of nitrogens with zero attached hydrogens (tertiary/aromatic N) is 2. The maximum Gasteiger partial charge on any atom is 0.201 e. The second-order valence-electron chi connectivity index (χ2n) is 4.32. The Labute approximate surface area is 116 Å². The molecule has 0 aliphatic rings. The van der Waals surface area contributed by atoms with E-state index < -0.39 is 0 Å². The summed E-state index contributed by atoms with van der Waals surface area (Å²) in [6.07, 6.45) is 5.00. The van der Waals surface area contributed by atoms with Crippen molar-refractivity contribution in [3.8, 4) is 0 Å². The van der Waals surface area contributed by atoms with E-state index in [1.807, 2.05) is 0 Å². The van der Waals surface area contributed by atoms with Crippen molar-refractivity contribution < 1.29 is 0 Å². The van der Waals surface area contributed by atoms with Crippen molar-refractivity contribution in [1.29, 1.82) is 0 Å². The summed E-state index contributed by atoms with van der Waals surface area (Å²) in [7, 11) is 0. The van der Waals surface area contributed by atoms with Crippen molar-refractivity contribution >= 4 is 39.6 Å². The highest BCUT2D eigenvalue weighted by Gasteiger charge is 2.07. The third-order valence-electron chi connectivity index (χ3n) is 2.98. The topological polar surface area (TPSA) is 43.8 Å². The molecule has 0 atom stereocenters. The fourth-order valence-electron chi connectivity index (χ4n) is 2.05. The molecule has 0 saturated heterocycles. The molecule has 0 radical (unpaired) electrons. The molecule has 0 saturated carbocycles. The molecule has 0 amide bonds. The van der Waals surface area contributed by atoms with E-state index in [-0.39, 0.29) is 0 Å². The van der Waals surface area contributed by atoms with E-state index in [9.17, 15) is 0 Å². The van der Waals surface area contributed by atoms with Gasteiger partial charge in [-0.1, -0.05) is 26.2 Å². The Morgan fingerprint density at radius 2 is 2.12 bits per heavy atom. The van der Waals surface area contributed by atoms with Crippen molar-refractivity contribution in [2.75, 3.05) is 5.73 Å². The minimum Gasteiger partial charge on any atom is -0.369 e. The number of nitrogens with two attached hydrogens (primary N) is 1. The van der Waals surface area contributed by atoms with Crippen molar-refractivity contribution in [2.24, 2.45) is 0 Å². The SMILES string of the molecule is CCCCCCn1c(N)nc2cc(I)ccc21. The third-order valence-corrected chi connectivity index (χ3v) is 3.65. The third kappa shape index (κ3) is 2.91. The van der Waals surface area contributed by atoms with Gasteiger partial charge < -0.3 is 10.3 Å². The van der Waals surface area contributed by atoms with Crippen LogP contribution in [0.25, 0.3) is 11.0 Å². The molecule has 17 heavy (non-hydrogen) atoms. The molecule has 2 N–H and O–H groups in total. The van der Waals surface area contributed by atoms with Crippen LogP contribution >= 0.6 is 22.6 Å². The summed E-state index contributed by atoms with van der Waals surface area (Å²) in [6.45, 7) is 3.20. The number of fused-ring (bicyclic) bond motifs is 1. The molecular weight excluding hydrogens is 325 g/mol. The van der Waals surface area contributed by atoms with Crippen LogP contribution in [0, 0.1) is 3.57 Å². The van der Waals surface area contributed by atoms with Gasteiger partial charge in [-0.05, 0) is 47.2 Å².